The van der Waals surface area contributed by atoms with Crippen LogP contribution in [0.2, 0.25) is 0 Å². The second-order valence-electron chi connectivity index (χ2n) is 49.1. The number of nitrogens with zero attached hydrogens (tertiary/aromatic N) is 24. The van der Waals surface area contributed by atoms with Crippen LogP contribution >= 0.6 is 0 Å². The maximum absolute atomic E-state index is 4.22. The van der Waals surface area contributed by atoms with Crippen molar-refractivity contribution in [2.45, 2.75) is 582 Å². The summed E-state index contributed by atoms with van der Waals surface area (Å²) in [4.78, 5) is 0. The van der Waals surface area contributed by atoms with Crippen molar-refractivity contribution >= 4 is 0 Å². The molecule has 832 valence electrons. The lowest BCUT2D eigenvalue weighted by Gasteiger charge is -2.08. The predicted molar refractivity (Wildman–Crippen MR) is 612 cm³/mol. The Labute approximate surface area is 886 Å². The van der Waals surface area contributed by atoms with Crippen molar-refractivity contribution in [3.63, 3.8) is 0 Å². The summed E-state index contributed by atoms with van der Waals surface area (Å²) in [5.41, 5.74) is 9.81. The number of rotatable bonds is 72. The van der Waals surface area contributed by atoms with Gasteiger partial charge in [0.1, 0.15) is 0 Å². The molecule has 0 radical (unpaired) electrons. The predicted octanol–water partition coefficient (Wildman–Crippen LogP) is 32.7. The van der Waals surface area contributed by atoms with Crippen molar-refractivity contribution in [2.24, 2.45) is 94.7 Å². The average molecular weight is 2010 g/mol. The molecule has 144 heavy (non-hydrogen) atoms. The maximum atomic E-state index is 4.22. The van der Waals surface area contributed by atoms with E-state index in [1.807, 2.05) is 43.5 Å². The van der Waals surface area contributed by atoms with Gasteiger partial charge in [0.05, 0.1) is 70.3 Å². The van der Waals surface area contributed by atoms with E-state index < -0.39 is 0 Å². The van der Waals surface area contributed by atoms with E-state index in [9.17, 15) is 0 Å². The summed E-state index contributed by atoms with van der Waals surface area (Å²) >= 11 is 0. The van der Waals surface area contributed by atoms with E-state index >= 15 is 0 Å². The number of aromatic nitrogens is 24. The zero-order chi connectivity index (χ0) is 107. The number of hydrogen-bond donors (Lipinski definition) is 0. The van der Waals surface area contributed by atoms with Gasteiger partial charge in [-0.3, -0.25) is 18.7 Å². The van der Waals surface area contributed by atoms with Gasteiger partial charge in [0.15, 0.2) is 0 Å². The molecule has 0 aromatic carbocycles. The van der Waals surface area contributed by atoms with Crippen LogP contribution in [0.4, 0.5) is 0 Å². The van der Waals surface area contributed by atoms with Crippen LogP contribution < -0.4 is 0 Å². The van der Waals surface area contributed by atoms with E-state index in [4.69, 9.17) is 0 Å². The molecule has 8 aromatic rings. The third-order valence-electron chi connectivity index (χ3n) is 25.9. The first-order chi connectivity index (χ1) is 68.7. The Hall–Kier alpha value is -6.88. The summed E-state index contributed by atoms with van der Waals surface area (Å²) in [5, 5.41) is 66.6. The summed E-state index contributed by atoms with van der Waals surface area (Å²) in [7, 11) is 0. The highest BCUT2D eigenvalue weighted by Gasteiger charge is 2.14. The largest absolute Gasteiger partial charge is 0.252 e. The molecule has 0 aliphatic heterocycles. The highest BCUT2D eigenvalue weighted by Crippen LogP contribution is 2.22. The Bertz CT molecular complexity index is 3730. The molecule has 0 atom stereocenters. The average Bonchev–Trinajstić information content (AvgIpc) is 1.74. The minimum absolute atomic E-state index is 0.635. The van der Waals surface area contributed by atoms with Gasteiger partial charge < -0.3 is 0 Å². The van der Waals surface area contributed by atoms with Gasteiger partial charge in [-0.1, -0.05) is 405 Å². The van der Waals surface area contributed by atoms with Crippen LogP contribution in [0.25, 0.3) is 0 Å². The summed E-state index contributed by atoms with van der Waals surface area (Å²) in [6.45, 7) is 80.8. The van der Waals surface area contributed by atoms with Crippen molar-refractivity contribution < 1.29 is 0 Å². The lowest BCUT2D eigenvalue weighted by molar-refractivity contribution is 0.468. The van der Waals surface area contributed by atoms with Gasteiger partial charge in [-0.25, -0.2) is 18.7 Å². The molecular weight excluding hydrogens is 1780 g/mol. The molecule has 0 saturated carbocycles. The minimum Gasteiger partial charge on any atom is -0.252 e. The molecule has 8 aromatic heterocycles. The van der Waals surface area contributed by atoms with Crippen LogP contribution in [-0.2, 0) is 104 Å². The van der Waals surface area contributed by atoms with Crippen molar-refractivity contribution in [1.82, 2.24) is 120 Å². The monoisotopic (exact) mass is 2010 g/mol. The fourth-order valence-corrected chi connectivity index (χ4v) is 17.0. The van der Waals surface area contributed by atoms with Crippen LogP contribution in [0.1, 0.15) is 524 Å². The molecule has 0 amide bonds. The highest BCUT2D eigenvalue weighted by atomic mass is 15.5. The van der Waals surface area contributed by atoms with Gasteiger partial charge >= 0.3 is 0 Å². The highest BCUT2D eigenvalue weighted by molar-refractivity contribution is 4.99. The van der Waals surface area contributed by atoms with E-state index in [1.54, 1.807) is 0 Å². The third kappa shape index (κ3) is 81.1. The molecule has 8 heterocycles. The number of unbranched alkanes of at least 4 members (excludes halogenated alkanes) is 13. The fourth-order valence-electron chi connectivity index (χ4n) is 17.0. The molecule has 0 aliphatic carbocycles. The molecular formula is C120H232N24. The molecule has 24 heteroatoms. The van der Waals surface area contributed by atoms with E-state index in [0.717, 1.165) is 209 Å². The standard InChI is InChI=1S/4C16H31N3.4C14H27N3/c1-14(2)9-6-5-7-12-19-16(13-17-18-19)11-8-10-15(3)4;2*1-14(2)9-6-5-7-11-16-13-17-18-19(16)12-8-10-15(3)4;1-14(2)9-7-5-6-8-12-19-16(13-17-18-19)11-10-15(3)4;2*1-12(2)7-5-9-14-11-17(16-15-14)10-6-8-13(3)4;1-12(2)8-6-5-7-9-17-11-14(15-16-17)10-13(3)4;1-12(2)8-6-5-7-9-14-11-17(16-15-14)10-13(3)4/h4*13-15H,5-12H2,1-4H3;4*11-13H,5-10H2,1-4H3. The Balaban J connectivity index is 0.000000823. The Kier molecular flexibility index (Phi) is 81.5. The molecule has 0 aliphatic rings. The van der Waals surface area contributed by atoms with Crippen molar-refractivity contribution in [3.05, 3.63) is 95.1 Å². The van der Waals surface area contributed by atoms with Gasteiger partial charge in [0, 0.05) is 77.1 Å². The lowest BCUT2D eigenvalue weighted by atomic mass is 10.0. The second-order valence-corrected chi connectivity index (χ2v) is 49.1. The molecule has 0 spiro atoms. The zero-order valence-electron chi connectivity index (χ0n) is 100. The van der Waals surface area contributed by atoms with Crippen LogP contribution in [-0.4, -0.2) is 120 Å². The van der Waals surface area contributed by atoms with Crippen molar-refractivity contribution in [3.8, 4) is 0 Å². The second kappa shape index (κ2) is 86.9. The first-order valence-corrected chi connectivity index (χ1v) is 59.7. The molecule has 24 nitrogen and oxygen atoms in total. The Morgan fingerprint density at radius 3 is 0.688 bits per heavy atom. The zero-order valence-corrected chi connectivity index (χ0v) is 100. The normalized spacial score (nSPS) is 11.7. The Morgan fingerprint density at radius 1 is 0.167 bits per heavy atom. The van der Waals surface area contributed by atoms with Crippen molar-refractivity contribution in [2.75, 3.05) is 0 Å². The first kappa shape index (κ1) is 135. The summed E-state index contributed by atoms with van der Waals surface area (Å²) in [6, 6.07) is 0. The van der Waals surface area contributed by atoms with Crippen LogP contribution in [0.5, 0.6) is 0 Å². The topological polar surface area (TPSA) is 246 Å². The number of hydrogen-bond acceptors (Lipinski definition) is 16. The number of aryl methyl sites for hydroxylation is 14. The third-order valence-corrected chi connectivity index (χ3v) is 25.9. The van der Waals surface area contributed by atoms with E-state index in [-0.39, 0.29) is 0 Å². The Morgan fingerprint density at radius 2 is 0.375 bits per heavy atom. The first-order valence-electron chi connectivity index (χ1n) is 59.7. The van der Waals surface area contributed by atoms with Gasteiger partial charge in [-0.15, -0.1) is 40.8 Å². The van der Waals surface area contributed by atoms with Gasteiger partial charge in [-0.2, -0.15) is 0 Å². The van der Waals surface area contributed by atoms with Crippen LogP contribution in [0.3, 0.4) is 0 Å². The SMILES string of the molecule is CC(C)CCCCCCn1nncc1CCC(C)C.CC(C)CCCCCc1cn(CC(C)C)nn1.CC(C)CCCCCc1cnnn1CCCC(C)C.CC(C)CCCCCc1cnnn1CCCC(C)C.CC(C)CCCCCn1cc(CC(C)C)nn1.CC(C)CCCCCn1nncc1CCCC(C)C.CC(C)CCCc1cn(CCCC(C)C)nn1.CC(C)CCCc1cn(CCCC(C)C)nn1. The van der Waals surface area contributed by atoms with Gasteiger partial charge in [0.25, 0.3) is 0 Å². The van der Waals surface area contributed by atoms with Crippen LogP contribution in [0.15, 0.2) is 49.6 Å². The van der Waals surface area contributed by atoms with E-state index in [2.05, 4.69) is 348 Å². The summed E-state index contributed by atoms with van der Waals surface area (Å²) in [6.07, 6.45) is 76.5. The molecule has 0 bridgehead atoms. The van der Waals surface area contributed by atoms with Gasteiger partial charge in [-0.05, 0) is 262 Å². The minimum atomic E-state index is 0.635. The molecule has 0 N–H and O–H groups in total. The molecule has 8 rings (SSSR count). The molecule has 0 unspecified atom stereocenters. The summed E-state index contributed by atoms with van der Waals surface area (Å²) < 4.78 is 16.4. The van der Waals surface area contributed by atoms with E-state index in [0.29, 0.717) is 11.8 Å². The van der Waals surface area contributed by atoms with E-state index in [1.165, 1.54) is 280 Å². The smallest absolute Gasteiger partial charge is 0.0829 e. The fraction of sp³-hybridized carbons (Fsp3) is 0.867. The maximum Gasteiger partial charge on any atom is 0.0829 e. The van der Waals surface area contributed by atoms with Crippen LogP contribution in [0, 0.1) is 94.7 Å². The van der Waals surface area contributed by atoms with Crippen molar-refractivity contribution in [1.29, 1.82) is 0 Å². The quantitative estimate of drug-likeness (QED) is 0.0322. The summed E-state index contributed by atoms with van der Waals surface area (Å²) in [5.74, 6) is 12.6. The molecule has 0 saturated heterocycles. The lowest BCUT2D eigenvalue weighted by Crippen LogP contribution is -2.06. The van der Waals surface area contributed by atoms with Gasteiger partial charge in [0.2, 0.25) is 0 Å². The molecule has 0 fully saturated rings.